The molecule has 2 saturated heterocycles. The largest absolute Gasteiger partial charge is 0.390 e. The van der Waals surface area contributed by atoms with Crippen molar-refractivity contribution in [2.24, 2.45) is 5.92 Å². The number of rotatable bonds is 3. The van der Waals surface area contributed by atoms with E-state index >= 15 is 0 Å². The minimum Gasteiger partial charge on any atom is -0.390 e. The number of carbonyl (C=O) groups excluding carboxylic acids is 1. The van der Waals surface area contributed by atoms with Crippen molar-refractivity contribution in [3.8, 4) is 0 Å². The number of hydrogen-bond acceptors (Lipinski definition) is 4. The first-order valence-electron chi connectivity index (χ1n) is 9.60. The zero-order valence-corrected chi connectivity index (χ0v) is 14.7. The molecule has 25 heavy (non-hydrogen) atoms. The minimum absolute atomic E-state index is 0.0658. The van der Waals surface area contributed by atoms with Crippen molar-refractivity contribution in [2.45, 2.75) is 50.3 Å². The number of carbonyl (C=O) groups is 1. The highest BCUT2D eigenvalue weighted by molar-refractivity contribution is 5.79. The topological polar surface area (TPSA) is 61.8 Å². The smallest absolute Gasteiger partial charge is 0.223 e. The third-order valence-electron chi connectivity index (χ3n) is 6.11. The second kappa shape index (κ2) is 7.44. The second-order valence-electron chi connectivity index (χ2n) is 7.61. The van der Waals surface area contributed by atoms with Crippen molar-refractivity contribution in [2.75, 3.05) is 26.3 Å². The first kappa shape index (κ1) is 17.0. The van der Waals surface area contributed by atoms with E-state index in [1.807, 2.05) is 24.3 Å². The van der Waals surface area contributed by atoms with Crippen LogP contribution in [-0.2, 0) is 16.0 Å². The summed E-state index contributed by atoms with van der Waals surface area (Å²) < 4.78 is 5.45. The molecule has 1 aromatic rings. The van der Waals surface area contributed by atoms with Gasteiger partial charge in [0, 0.05) is 31.6 Å². The van der Waals surface area contributed by atoms with E-state index in [0.29, 0.717) is 12.5 Å². The van der Waals surface area contributed by atoms with Gasteiger partial charge in [-0.05, 0) is 49.9 Å². The Morgan fingerprint density at radius 2 is 1.84 bits per heavy atom. The Hall–Kier alpha value is -1.43. The number of likely N-dealkylation sites (tertiary alicyclic amines) is 1. The van der Waals surface area contributed by atoms with Gasteiger partial charge < -0.3 is 20.1 Å². The zero-order valence-electron chi connectivity index (χ0n) is 14.7. The Bertz CT molecular complexity index is 607. The Morgan fingerprint density at radius 1 is 1.12 bits per heavy atom. The average molecular weight is 344 g/mol. The van der Waals surface area contributed by atoms with E-state index in [9.17, 15) is 9.90 Å². The summed E-state index contributed by atoms with van der Waals surface area (Å²) in [6.45, 7) is 3.72. The summed E-state index contributed by atoms with van der Waals surface area (Å²) in [5.41, 5.74) is 2.22. The van der Waals surface area contributed by atoms with Gasteiger partial charge in [0.05, 0.1) is 12.1 Å². The maximum Gasteiger partial charge on any atom is 0.223 e. The highest BCUT2D eigenvalue weighted by atomic mass is 16.5. The maximum atomic E-state index is 12.7. The van der Waals surface area contributed by atoms with E-state index < -0.39 is 6.10 Å². The summed E-state index contributed by atoms with van der Waals surface area (Å²) in [5.74, 6) is 0.170. The van der Waals surface area contributed by atoms with Gasteiger partial charge in [0.1, 0.15) is 0 Å². The van der Waals surface area contributed by atoms with Crippen LogP contribution in [0.25, 0.3) is 0 Å². The number of hydrogen-bond donors (Lipinski definition) is 2. The Balaban J connectivity index is 1.32. The summed E-state index contributed by atoms with van der Waals surface area (Å²) in [5, 5.41) is 13.5. The lowest BCUT2D eigenvalue weighted by Crippen LogP contribution is -2.47. The number of amides is 1. The maximum absolute atomic E-state index is 12.7. The van der Waals surface area contributed by atoms with E-state index in [4.69, 9.17) is 4.74 Å². The van der Waals surface area contributed by atoms with Gasteiger partial charge in [0.2, 0.25) is 5.91 Å². The first-order chi connectivity index (χ1) is 12.2. The van der Waals surface area contributed by atoms with Gasteiger partial charge in [0.15, 0.2) is 0 Å². The Labute approximate surface area is 149 Å². The van der Waals surface area contributed by atoms with Crippen molar-refractivity contribution in [1.82, 2.24) is 10.2 Å². The normalized spacial score (nSPS) is 28.7. The highest BCUT2D eigenvalue weighted by Gasteiger charge is 2.35. The number of benzene rings is 1. The fraction of sp³-hybridized carbons (Fsp3) is 0.650. The van der Waals surface area contributed by atoms with E-state index in [1.54, 1.807) is 0 Å². The number of ether oxygens (including phenoxy) is 1. The molecule has 2 N–H and O–H groups in total. The Morgan fingerprint density at radius 3 is 2.60 bits per heavy atom. The molecule has 1 aliphatic carbocycles. The van der Waals surface area contributed by atoms with Crippen LogP contribution in [0.15, 0.2) is 24.3 Å². The molecule has 4 rings (SSSR count). The number of aliphatic hydroxyl groups is 1. The lowest BCUT2D eigenvalue weighted by Gasteiger charge is -2.39. The lowest BCUT2D eigenvalue weighted by atomic mass is 9.93. The highest BCUT2D eigenvalue weighted by Crippen LogP contribution is 2.32. The fourth-order valence-corrected chi connectivity index (χ4v) is 4.60. The first-order valence-corrected chi connectivity index (χ1v) is 9.60. The number of fused-ring (bicyclic) bond motifs is 1. The van der Waals surface area contributed by atoms with Crippen LogP contribution in [0.2, 0.25) is 0 Å². The minimum atomic E-state index is -0.510. The van der Waals surface area contributed by atoms with Crippen molar-refractivity contribution in [3.05, 3.63) is 35.4 Å². The predicted molar refractivity (Wildman–Crippen MR) is 95.2 cm³/mol. The second-order valence-corrected chi connectivity index (χ2v) is 7.61. The standard InChI is InChI=1S/C20H28N2O3/c23-18-13-15-3-1-2-4-17(15)19(18)21-20(24)14-5-9-22(10-6-14)16-7-11-25-12-8-16/h1-4,14,16,18-19,23H,5-13H2,(H,21,24)/t18-,19+/m0/s1. The van der Waals surface area contributed by atoms with Crippen LogP contribution < -0.4 is 5.32 Å². The molecular weight excluding hydrogens is 316 g/mol. The molecule has 0 aromatic heterocycles. The molecule has 5 nitrogen and oxygen atoms in total. The van der Waals surface area contributed by atoms with E-state index in [1.165, 1.54) is 0 Å². The van der Waals surface area contributed by atoms with Crippen LogP contribution >= 0.6 is 0 Å². The van der Waals surface area contributed by atoms with Gasteiger partial charge in [0.25, 0.3) is 0 Å². The summed E-state index contributed by atoms with van der Waals surface area (Å²) in [6, 6.07) is 8.39. The molecule has 0 radical (unpaired) electrons. The van der Waals surface area contributed by atoms with E-state index in [0.717, 1.165) is 63.1 Å². The Kier molecular flexibility index (Phi) is 5.06. The molecule has 3 aliphatic rings. The van der Waals surface area contributed by atoms with Gasteiger partial charge in [-0.15, -0.1) is 0 Å². The van der Waals surface area contributed by atoms with Crippen LogP contribution in [0.4, 0.5) is 0 Å². The summed E-state index contributed by atoms with van der Waals surface area (Å²) >= 11 is 0. The van der Waals surface area contributed by atoms with Gasteiger partial charge in [-0.25, -0.2) is 0 Å². The van der Waals surface area contributed by atoms with Crippen molar-refractivity contribution >= 4 is 5.91 Å². The molecule has 5 heteroatoms. The molecule has 2 atom stereocenters. The van der Waals surface area contributed by atoms with E-state index in [-0.39, 0.29) is 17.9 Å². The molecule has 0 spiro atoms. The number of nitrogens with zero attached hydrogens (tertiary/aromatic N) is 1. The van der Waals surface area contributed by atoms with Crippen LogP contribution in [0.1, 0.15) is 42.9 Å². The zero-order chi connectivity index (χ0) is 17.2. The summed E-state index contributed by atoms with van der Waals surface area (Å²) in [6.07, 6.45) is 4.16. The molecular formula is C20H28N2O3. The molecule has 0 bridgehead atoms. The van der Waals surface area contributed by atoms with Crippen molar-refractivity contribution in [3.63, 3.8) is 0 Å². The van der Waals surface area contributed by atoms with Gasteiger partial charge in [-0.2, -0.15) is 0 Å². The van der Waals surface area contributed by atoms with Crippen LogP contribution in [0.3, 0.4) is 0 Å². The molecule has 0 unspecified atom stereocenters. The lowest BCUT2D eigenvalue weighted by molar-refractivity contribution is -0.128. The average Bonchev–Trinajstić information content (AvgIpc) is 2.98. The van der Waals surface area contributed by atoms with Crippen LogP contribution in [0, 0.1) is 5.92 Å². The molecule has 2 aliphatic heterocycles. The number of aliphatic hydroxyl groups excluding tert-OH is 1. The monoisotopic (exact) mass is 344 g/mol. The number of nitrogens with one attached hydrogen (secondary N) is 1. The molecule has 1 aromatic carbocycles. The molecule has 2 fully saturated rings. The third-order valence-corrected chi connectivity index (χ3v) is 6.11. The summed E-state index contributed by atoms with van der Waals surface area (Å²) in [4.78, 5) is 15.3. The predicted octanol–water partition coefficient (Wildman–Crippen LogP) is 1.65. The van der Waals surface area contributed by atoms with E-state index in [2.05, 4.69) is 10.2 Å². The van der Waals surface area contributed by atoms with Crippen molar-refractivity contribution in [1.29, 1.82) is 0 Å². The summed E-state index contributed by atoms with van der Waals surface area (Å²) in [7, 11) is 0. The fourth-order valence-electron chi connectivity index (χ4n) is 4.60. The van der Waals surface area contributed by atoms with Gasteiger partial charge in [-0.1, -0.05) is 24.3 Å². The van der Waals surface area contributed by atoms with Crippen LogP contribution in [-0.4, -0.2) is 54.4 Å². The van der Waals surface area contributed by atoms with Crippen molar-refractivity contribution < 1.29 is 14.6 Å². The molecule has 1 amide bonds. The third kappa shape index (κ3) is 3.59. The number of piperidine rings is 1. The van der Waals surface area contributed by atoms with Crippen LogP contribution in [0.5, 0.6) is 0 Å². The van der Waals surface area contributed by atoms with Gasteiger partial charge in [-0.3, -0.25) is 4.79 Å². The van der Waals surface area contributed by atoms with Gasteiger partial charge >= 0.3 is 0 Å². The molecule has 2 heterocycles. The molecule has 0 saturated carbocycles. The quantitative estimate of drug-likeness (QED) is 0.875. The molecule has 136 valence electrons. The SMILES string of the molecule is O=C(N[C@@H]1c2ccccc2C[C@@H]1O)C1CCN(C2CCOCC2)CC1.